The Balaban J connectivity index is 2.14. The highest BCUT2D eigenvalue weighted by Crippen LogP contribution is 2.47. The van der Waals surface area contributed by atoms with Crippen molar-refractivity contribution in [2.24, 2.45) is 16.7 Å². The minimum absolute atomic E-state index is 0.0135. The molecule has 1 saturated carbocycles. The van der Waals surface area contributed by atoms with Gasteiger partial charge in [-0.15, -0.1) is 0 Å². The number of hydrogen-bond acceptors (Lipinski definition) is 4. The second-order valence-electron chi connectivity index (χ2n) is 9.76. The molecule has 0 amide bonds. The van der Waals surface area contributed by atoms with Crippen molar-refractivity contribution in [3.63, 3.8) is 0 Å². The first-order chi connectivity index (χ1) is 12.9. The van der Waals surface area contributed by atoms with E-state index in [1.165, 1.54) is 0 Å². The van der Waals surface area contributed by atoms with Gasteiger partial charge in [-0.05, 0) is 28.5 Å². The van der Waals surface area contributed by atoms with Crippen LogP contribution in [0.4, 0.5) is 0 Å². The highest BCUT2D eigenvalue weighted by molar-refractivity contribution is 9.10. The fourth-order valence-corrected chi connectivity index (χ4v) is 4.89. The molecule has 0 spiro atoms. The van der Waals surface area contributed by atoms with E-state index in [2.05, 4.69) is 15.9 Å². The molecule has 4 nitrogen and oxygen atoms in total. The SMILES string of the molecule is CC1(C)CC(=O)C(C(C2=C(O)CC(C)(C)CC2=O)c2ccc(Br)cc2)C(=O)C1. The van der Waals surface area contributed by atoms with Crippen molar-refractivity contribution in [1.29, 1.82) is 0 Å². The van der Waals surface area contributed by atoms with Crippen molar-refractivity contribution in [2.45, 2.75) is 59.3 Å². The molecule has 2 aliphatic rings. The van der Waals surface area contributed by atoms with Gasteiger partial charge in [-0.3, -0.25) is 14.4 Å². The highest BCUT2D eigenvalue weighted by Gasteiger charge is 2.48. The van der Waals surface area contributed by atoms with Crippen LogP contribution in [-0.2, 0) is 14.4 Å². The van der Waals surface area contributed by atoms with Gasteiger partial charge in [0.1, 0.15) is 17.3 Å². The Bertz CT molecular complexity index is 841. The largest absolute Gasteiger partial charge is 0.512 e. The van der Waals surface area contributed by atoms with Gasteiger partial charge >= 0.3 is 0 Å². The van der Waals surface area contributed by atoms with Gasteiger partial charge in [-0.2, -0.15) is 0 Å². The minimum atomic E-state index is -0.920. The van der Waals surface area contributed by atoms with Gasteiger partial charge < -0.3 is 5.11 Å². The lowest BCUT2D eigenvalue weighted by Gasteiger charge is -2.39. The molecule has 3 rings (SSSR count). The maximum absolute atomic E-state index is 13.0. The fourth-order valence-electron chi connectivity index (χ4n) is 4.63. The van der Waals surface area contributed by atoms with E-state index < -0.39 is 11.8 Å². The maximum Gasteiger partial charge on any atom is 0.163 e. The first-order valence-corrected chi connectivity index (χ1v) is 10.5. The Morgan fingerprint density at radius 2 is 1.39 bits per heavy atom. The molecule has 2 aliphatic carbocycles. The molecule has 0 aromatic heterocycles. The Labute approximate surface area is 174 Å². The van der Waals surface area contributed by atoms with Crippen LogP contribution in [0.2, 0.25) is 0 Å². The molecule has 1 unspecified atom stereocenters. The topological polar surface area (TPSA) is 71.4 Å². The molecular weight excluding hydrogens is 420 g/mol. The summed E-state index contributed by atoms with van der Waals surface area (Å²) < 4.78 is 0.867. The first kappa shape index (κ1) is 21.0. The molecular formula is C23H27BrO4. The maximum atomic E-state index is 13.0. The van der Waals surface area contributed by atoms with Crippen molar-refractivity contribution in [1.82, 2.24) is 0 Å². The molecule has 1 fully saturated rings. The number of halogens is 1. The number of carbonyl (C=O) groups excluding carboxylic acids is 3. The zero-order valence-corrected chi connectivity index (χ0v) is 18.4. The third-order valence-electron chi connectivity index (χ3n) is 5.77. The summed E-state index contributed by atoms with van der Waals surface area (Å²) in [6, 6.07) is 7.31. The predicted molar refractivity (Wildman–Crippen MR) is 111 cm³/mol. The van der Waals surface area contributed by atoms with Crippen molar-refractivity contribution >= 4 is 33.3 Å². The van der Waals surface area contributed by atoms with E-state index in [1.807, 2.05) is 52.0 Å². The zero-order valence-electron chi connectivity index (χ0n) is 16.8. The quantitative estimate of drug-likeness (QED) is 0.638. The average Bonchev–Trinajstić information content (AvgIpc) is 2.50. The van der Waals surface area contributed by atoms with Crippen molar-refractivity contribution < 1.29 is 19.5 Å². The van der Waals surface area contributed by atoms with E-state index in [4.69, 9.17) is 0 Å². The van der Waals surface area contributed by atoms with Crippen LogP contribution in [0.1, 0.15) is 64.9 Å². The molecule has 1 atom stereocenters. The molecule has 28 heavy (non-hydrogen) atoms. The number of allylic oxidation sites excluding steroid dienone is 2. The molecule has 1 aromatic rings. The minimum Gasteiger partial charge on any atom is -0.512 e. The summed E-state index contributed by atoms with van der Waals surface area (Å²) in [7, 11) is 0. The van der Waals surface area contributed by atoms with E-state index >= 15 is 0 Å². The van der Waals surface area contributed by atoms with Crippen LogP contribution in [0.3, 0.4) is 0 Å². The molecule has 0 aliphatic heterocycles. The normalized spacial score (nSPS) is 23.8. The molecule has 0 radical (unpaired) electrons. The van der Waals surface area contributed by atoms with E-state index in [9.17, 15) is 19.5 Å². The molecule has 5 heteroatoms. The summed E-state index contributed by atoms with van der Waals surface area (Å²) in [5, 5.41) is 10.8. The van der Waals surface area contributed by atoms with Crippen molar-refractivity contribution in [3.05, 3.63) is 45.6 Å². The van der Waals surface area contributed by atoms with E-state index in [-0.39, 0.29) is 39.5 Å². The Morgan fingerprint density at radius 1 is 0.893 bits per heavy atom. The van der Waals surface area contributed by atoms with Gasteiger partial charge in [-0.25, -0.2) is 0 Å². The first-order valence-electron chi connectivity index (χ1n) is 9.66. The van der Waals surface area contributed by atoms with Gasteiger partial charge in [0.25, 0.3) is 0 Å². The standard InChI is InChI=1S/C23H27BrO4/c1-22(2)9-15(25)20(16(26)10-22)19(13-5-7-14(24)8-6-13)21-17(27)11-23(3,4)12-18(21)28/h5-8,19-20,27H,9-12H2,1-4H3. The molecule has 0 bridgehead atoms. The smallest absolute Gasteiger partial charge is 0.163 e. The second-order valence-corrected chi connectivity index (χ2v) is 10.7. The van der Waals surface area contributed by atoms with Crippen LogP contribution in [0.5, 0.6) is 0 Å². The van der Waals surface area contributed by atoms with Crippen LogP contribution < -0.4 is 0 Å². The van der Waals surface area contributed by atoms with Gasteiger partial charge in [0.05, 0.1) is 5.92 Å². The molecule has 1 N–H and O–H groups in total. The number of rotatable bonds is 3. The number of aliphatic hydroxyl groups excluding tert-OH is 1. The summed E-state index contributed by atoms with van der Waals surface area (Å²) in [4.78, 5) is 39.1. The second kappa shape index (κ2) is 7.25. The fraction of sp³-hybridized carbons (Fsp3) is 0.522. The summed E-state index contributed by atoms with van der Waals surface area (Å²) in [5.41, 5.74) is 0.249. The summed E-state index contributed by atoms with van der Waals surface area (Å²) in [6.45, 7) is 7.70. The highest BCUT2D eigenvalue weighted by atomic mass is 79.9. The average molecular weight is 447 g/mol. The number of benzene rings is 1. The predicted octanol–water partition coefficient (Wildman–Crippen LogP) is 5.31. The summed E-state index contributed by atoms with van der Waals surface area (Å²) in [5.74, 6) is -2.10. The molecule has 1 aromatic carbocycles. The van der Waals surface area contributed by atoms with E-state index in [0.717, 1.165) is 4.47 Å². The summed E-state index contributed by atoms with van der Waals surface area (Å²) >= 11 is 3.40. The number of ketones is 3. The zero-order chi connectivity index (χ0) is 20.9. The summed E-state index contributed by atoms with van der Waals surface area (Å²) in [6.07, 6.45) is 1.25. The Morgan fingerprint density at radius 3 is 1.89 bits per heavy atom. The van der Waals surface area contributed by atoms with E-state index in [1.54, 1.807) is 0 Å². The van der Waals surface area contributed by atoms with Crippen LogP contribution in [-0.4, -0.2) is 22.5 Å². The molecule has 150 valence electrons. The number of Topliss-reactive ketones (excluding diaryl/α,β-unsaturated/α-hetero) is 3. The van der Waals surface area contributed by atoms with Crippen LogP contribution in [0.25, 0.3) is 0 Å². The molecule has 0 heterocycles. The van der Waals surface area contributed by atoms with Gasteiger partial charge in [0.2, 0.25) is 0 Å². The third kappa shape index (κ3) is 4.14. The van der Waals surface area contributed by atoms with Gasteiger partial charge in [-0.1, -0.05) is 55.8 Å². The van der Waals surface area contributed by atoms with Crippen LogP contribution in [0, 0.1) is 16.7 Å². The monoisotopic (exact) mass is 446 g/mol. The van der Waals surface area contributed by atoms with Crippen molar-refractivity contribution in [3.8, 4) is 0 Å². The number of hydrogen-bond donors (Lipinski definition) is 1. The lowest BCUT2D eigenvalue weighted by molar-refractivity contribution is -0.140. The van der Waals surface area contributed by atoms with Gasteiger partial charge in [0.15, 0.2) is 5.78 Å². The third-order valence-corrected chi connectivity index (χ3v) is 6.30. The van der Waals surface area contributed by atoms with Crippen molar-refractivity contribution in [2.75, 3.05) is 0 Å². The number of carbonyl (C=O) groups is 3. The lowest BCUT2D eigenvalue weighted by Crippen LogP contribution is -2.43. The Hall–Kier alpha value is -1.75. The van der Waals surface area contributed by atoms with Crippen LogP contribution >= 0.6 is 15.9 Å². The van der Waals surface area contributed by atoms with Crippen LogP contribution in [0.15, 0.2) is 40.1 Å². The molecule has 0 saturated heterocycles. The van der Waals surface area contributed by atoms with E-state index in [0.29, 0.717) is 31.2 Å². The van der Waals surface area contributed by atoms with Gasteiger partial charge in [0, 0.05) is 41.6 Å². The number of aliphatic hydroxyl groups is 1. The lowest BCUT2D eigenvalue weighted by atomic mass is 9.62. The Kier molecular flexibility index (Phi) is 5.43.